The van der Waals surface area contributed by atoms with E-state index in [9.17, 15) is 9.59 Å². The Balaban J connectivity index is 2.19. The van der Waals surface area contributed by atoms with E-state index in [0.717, 1.165) is 12.8 Å². The molecule has 3 nitrogen and oxygen atoms in total. The zero-order chi connectivity index (χ0) is 15.8. The van der Waals surface area contributed by atoms with Crippen molar-refractivity contribution in [3.05, 3.63) is 23.8 Å². The lowest BCUT2D eigenvalue weighted by Crippen LogP contribution is -2.44. The Hall–Kier alpha value is -1.00. The van der Waals surface area contributed by atoms with Crippen LogP contribution in [0.3, 0.4) is 0 Å². The monoisotopic (exact) mass is 306 g/mol. The number of Topliss-reactive ketones (excluding diaryl/α,β-unsaturated/α-hetero) is 1. The van der Waals surface area contributed by atoms with E-state index in [-0.39, 0.29) is 28.6 Å². The molecule has 2 aliphatic carbocycles. The van der Waals surface area contributed by atoms with E-state index < -0.39 is 8.32 Å². The zero-order valence-electron chi connectivity index (χ0n) is 13.7. The third-order valence-corrected chi connectivity index (χ3v) is 9.51. The molecule has 2 aliphatic rings. The highest BCUT2D eigenvalue weighted by atomic mass is 28.4. The molecule has 0 aromatic rings. The Morgan fingerprint density at radius 3 is 2.48 bits per heavy atom. The molecule has 1 fully saturated rings. The lowest BCUT2D eigenvalue weighted by molar-refractivity contribution is -0.118. The highest BCUT2D eigenvalue weighted by Gasteiger charge is 2.40. The number of carbonyl (C=O) groups excluding carboxylic acids is 2. The van der Waals surface area contributed by atoms with E-state index in [2.05, 4.69) is 33.9 Å². The number of fused-ring (bicyclic) bond motifs is 2. The lowest BCUT2D eigenvalue weighted by atomic mass is 9.97. The van der Waals surface area contributed by atoms with Gasteiger partial charge in [-0.05, 0) is 43.1 Å². The molecule has 0 aliphatic heterocycles. The van der Waals surface area contributed by atoms with Gasteiger partial charge in [0.2, 0.25) is 0 Å². The maximum Gasteiger partial charge on any atom is 0.192 e. The topological polar surface area (TPSA) is 43.4 Å². The second-order valence-electron chi connectivity index (χ2n) is 7.68. The minimum absolute atomic E-state index is 0.0605. The van der Waals surface area contributed by atoms with Gasteiger partial charge in [0.15, 0.2) is 19.9 Å². The first-order chi connectivity index (χ1) is 9.60. The average molecular weight is 306 g/mol. The molecule has 116 valence electrons. The van der Waals surface area contributed by atoms with Crippen LogP contribution in [0.2, 0.25) is 18.1 Å². The van der Waals surface area contributed by atoms with Gasteiger partial charge in [0.1, 0.15) is 0 Å². The molecule has 0 aromatic heterocycles. The number of hydrogen-bond acceptors (Lipinski definition) is 3. The SMILES string of the molecule is CC(C)(C)[Si](C)(C)O[C@@H]1CC[C@@H]2C=CC(=O)C=C(C1)C2=O. The van der Waals surface area contributed by atoms with Crippen molar-refractivity contribution in [2.24, 2.45) is 5.92 Å². The average Bonchev–Trinajstić information content (AvgIpc) is 2.55. The van der Waals surface area contributed by atoms with Crippen LogP contribution in [-0.2, 0) is 14.0 Å². The summed E-state index contributed by atoms with van der Waals surface area (Å²) in [4.78, 5) is 24.1. The third kappa shape index (κ3) is 3.61. The van der Waals surface area contributed by atoms with Crippen molar-refractivity contribution < 1.29 is 14.0 Å². The molecule has 0 heterocycles. The molecular formula is C17H26O3Si. The van der Waals surface area contributed by atoms with Crippen LogP contribution in [0.25, 0.3) is 0 Å². The summed E-state index contributed by atoms with van der Waals surface area (Å²) in [6.07, 6.45) is 7.11. The van der Waals surface area contributed by atoms with Crippen LogP contribution in [0, 0.1) is 5.92 Å². The van der Waals surface area contributed by atoms with Crippen molar-refractivity contribution in [1.29, 1.82) is 0 Å². The fraction of sp³-hybridized carbons (Fsp3) is 0.647. The van der Waals surface area contributed by atoms with Crippen LogP contribution < -0.4 is 0 Å². The standard InChI is InChI=1S/C17H26O3Si/c1-17(2,3)21(4,5)20-15-9-7-12-6-8-14(18)10-13(11-15)16(12)19/h6,8,10,12,15H,7,9,11H2,1-5H3/t12-,15+/m0/s1. The normalized spacial score (nSPS) is 27.2. The van der Waals surface area contributed by atoms with Gasteiger partial charge in [-0.1, -0.05) is 26.8 Å². The van der Waals surface area contributed by atoms with Crippen molar-refractivity contribution >= 4 is 19.9 Å². The maximum absolute atomic E-state index is 12.4. The van der Waals surface area contributed by atoms with Crippen LogP contribution in [0.4, 0.5) is 0 Å². The molecule has 4 heteroatoms. The first kappa shape index (κ1) is 16.4. The predicted molar refractivity (Wildman–Crippen MR) is 86.6 cm³/mol. The molecule has 1 saturated carbocycles. The van der Waals surface area contributed by atoms with Gasteiger partial charge in [-0.25, -0.2) is 0 Å². The first-order valence-electron chi connectivity index (χ1n) is 7.75. The van der Waals surface area contributed by atoms with Crippen molar-refractivity contribution in [3.8, 4) is 0 Å². The lowest BCUT2D eigenvalue weighted by Gasteiger charge is -2.39. The Bertz CT molecular complexity index is 509. The number of carbonyl (C=O) groups is 2. The predicted octanol–water partition coefficient (Wildman–Crippen LogP) is 3.81. The molecule has 0 spiro atoms. The molecule has 0 unspecified atom stereocenters. The highest BCUT2D eigenvalue weighted by Crippen LogP contribution is 2.39. The van der Waals surface area contributed by atoms with Gasteiger partial charge in [-0.3, -0.25) is 9.59 Å². The third-order valence-electron chi connectivity index (χ3n) is 4.98. The minimum atomic E-state index is -1.85. The molecule has 2 bridgehead atoms. The number of rotatable bonds is 2. The van der Waals surface area contributed by atoms with Crippen LogP contribution >= 0.6 is 0 Å². The van der Waals surface area contributed by atoms with Crippen molar-refractivity contribution in [2.75, 3.05) is 0 Å². The molecular weight excluding hydrogens is 280 g/mol. The summed E-state index contributed by atoms with van der Waals surface area (Å²) in [5.74, 6) is -0.108. The molecule has 0 aromatic carbocycles. The van der Waals surface area contributed by atoms with E-state index in [1.54, 1.807) is 6.08 Å². The molecule has 0 N–H and O–H groups in total. The van der Waals surface area contributed by atoms with Gasteiger partial charge in [-0.15, -0.1) is 0 Å². The van der Waals surface area contributed by atoms with E-state index in [1.807, 2.05) is 0 Å². The van der Waals surface area contributed by atoms with Crippen LogP contribution in [0.5, 0.6) is 0 Å². The molecule has 0 amide bonds. The van der Waals surface area contributed by atoms with Gasteiger partial charge in [0, 0.05) is 24.0 Å². The quantitative estimate of drug-likeness (QED) is 0.729. The molecule has 0 radical (unpaired) electrons. The van der Waals surface area contributed by atoms with Crippen LogP contribution in [-0.4, -0.2) is 26.0 Å². The molecule has 21 heavy (non-hydrogen) atoms. The summed E-state index contributed by atoms with van der Waals surface area (Å²) in [6, 6.07) is 0. The Labute approximate surface area is 128 Å². The van der Waals surface area contributed by atoms with Crippen LogP contribution in [0.1, 0.15) is 40.0 Å². The fourth-order valence-corrected chi connectivity index (χ4v) is 4.01. The summed E-state index contributed by atoms with van der Waals surface area (Å²) in [7, 11) is -1.85. The number of allylic oxidation sites excluding steroid dienone is 3. The largest absolute Gasteiger partial charge is 0.414 e. The van der Waals surface area contributed by atoms with Gasteiger partial charge in [0.05, 0.1) is 0 Å². The smallest absolute Gasteiger partial charge is 0.192 e. The van der Waals surface area contributed by atoms with E-state index in [0.29, 0.717) is 12.0 Å². The van der Waals surface area contributed by atoms with Gasteiger partial charge in [0.25, 0.3) is 0 Å². The Kier molecular flexibility index (Phi) is 4.40. The zero-order valence-corrected chi connectivity index (χ0v) is 14.7. The van der Waals surface area contributed by atoms with E-state index >= 15 is 0 Å². The van der Waals surface area contributed by atoms with Crippen molar-refractivity contribution in [3.63, 3.8) is 0 Å². The second kappa shape index (κ2) is 5.65. The van der Waals surface area contributed by atoms with E-state index in [1.165, 1.54) is 12.2 Å². The minimum Gasteiger partial charge on any atom is -0.414 e. The Morgan fingerprint density at radius 2 is 1.86 bits per heavy atom. The summed E-state index contributed by atoms with van der Waals surface area (Å²) in [5.41, 5.74) is 0.649. The number of ketones is 2. The van der Waals surface area contributed by atoms with E-state index in [4.69, 9.17) is 4.43 Å². The first-order valence-corrected chi connectivity index (χ1v) is 10.7. The summed E-state index contributed by atoms with van der Waals surface area (Å²) < 4.78 is 6.47. The van der Waals surface area contributed by atoms with Crippen LogP contribution in [0.15, 0.2) is 23.8 Å². The maximum atomic E-state index is 12.4. The molecule has 0 saturated heterocycles. The van der Waals surface area contributed by atoms with Crippen molar-refractivity contribution in [1.82, 2.24) is 0 Å². The van der Waals surface area contributed by atoms with Crippen molar-refractivity contribution in [2.45, 2.75) is 64.3 Å². The summed E-state index contributed by atoms with van der Waals surface area (Å²) >= 11 is 0. The highest BCUT2D eigenvalue weighted by molar-refractivity contribution is 6.74. The Morgan fingerprint density at radius 1 is 1.19 bits per heavy atom. The summed E-state index contributed by atoms with van der Waals surface area (Å²) in [6.45, 7) is 11.1. The summed E-state index contributed by atoms with van der Waals surface area (Å²) in [5, 5.41) is 0.152. The molecule has 2 atom stereocenters. The number of hydrogen-bond donors (Lipinski definition) is 0. The molecule has 2 rings (SSSR count). The van der Waals surface area contributed by atoms with Gasteiger partial charge < -0.3 is 4.43 Å². The van der Waals surface area contributed by atoms with Gasteiger partial charge >= 0.3 is 0 Å². The fourth-order valence-electron chi connectivity index (χ4n) is 2.62. The second-order valence-corrected chi connectivity index (χ2v) is 12.4. The van der Waals surface area contributed by atoms with Gasteiger partial charge in [-0.2, -0.15) is 0 Å².